The molecule has 0 aliphatic heterocycles. The molecule has 0 unspecified atom stereocenters. The molecule has 100 valence electrons. The summed E-state index contributed by atoms with van der Waals surface area (Å²) in [6, 6.07) is 5.69. The van der Waals surface area contributed by atoms with Gasteiger partial charge in [-0.25, -0.2) is 4.79 Å². The summed E-state index contributed by atoms with van der Waals surface area (Å²) in [6.07, 6.45) is 0. The maximum atomic E-state index is 11.4. The minimum atomic E-state index is -0.388. The molecule has 1 N–H and O–H groups in total. The predicted molar refractivity (Wildman–Crippen MR) is 72.7 cm³/mol. The van der Waals surface area contributed by atoms with Gasteiger partial charge in [0, 0.05) is 17.8 Å². The fourth-order valence-electron chi connectivity index (χ4n) is 1.63. The van der Waals surface area contributed by atoms with Gasteiger partial charge in [-0.05, 0) is 32.0 Å². The predicted octanol–water partition coefficient (Wildman–Crippen LogP) is 1.86. The zero-order valence-corrected chi connectivity index (χ0v) is 11.0. The molecule has 0 bridgehead atoms. The maximum absolute atomic E-state index is 11.4. The fourth-order valence-corrected chi connectivity index (χ4v) is 1.63. The molecule has 0 fully saturated rings. The summed E-state index contributed by atoms with van der Waals surface area (Å²) < 4.78 is 5.15. The molecule has 1 heterocycles. The Balaban J connectivity index is 2.12. The number of rotatable bonds is 5. The number of fused-ring (bicyclic) bond motifs is 1. The van der Waals surface area contributed by atoms with Crippen LogP contribution in [0.25, 0.3) is 11.0 Å². The van der Waals surface area contributed by atoms with Gasteiger partial charge >= 0.3 is 5.97 Å². The average molecular weight is 260 g/mol. The monoisotopic (exact) mass is 260 g/mol. The van der Waals surface area contributed by atoms with Crippen molar-refractivity contribution in [3.05, 3.63) is 30.4 Å². The third kappa shape index (κ3) is 2.90. The Kier molecular flexibility index (Phi) is 3.79. The Morgan fingerprint density at radius 1 is 1.42 bits per heavy atom. The van der Waals surface area contributed by atoms with E-state index in [0.717, 1.165) is 16.7 Å². The molecule has 0 aliphatic rings. The van der Waals surface area contributed by atoms with Gasteiger partial charge < -0.3 is 9.64 Å². The molecule has 1 aromatic carbocycles. The molecule has 0 amide bonds. The Hall–Kier alpha value is -2.37. The Morgan fingerprint density at radius 3 is 2.84 bits per heavy atom. The normalized spacial score (nSPS) is 10.4. The summed E-state index contributed by atoms with van der Waals surface area (Å²) in [6.45, 7) is 8.06. The van der Waals surface area contributed by atoms with E-state index in [-0.39, 0.29) is 12.7 Å². The second-order valence-electron chi connectivity index (χ2n) is 4.19. The van der Waals surface area contributed by atoms with Crippen LogP contribution < -0.4 is 4.90 Å². The molecule has 6 heteroatoms. The standard InChI is InChI=1S/C13H16N4O2/c1-4-17(8-19-13(18)9(2)3)10-5-6-11-12(7-10)15-16-14-11/h5-7H,2,4,8H2,1,3H3,(H,14,15,16). The third-order valence-electron chi connectivity index (χ3n) is 2.75. The number of ether oxygens (including phenoxy) is 1. The first-order valence-electron chi connectivity index (χ1n) is 6.00. The lowest BCUT2D eigenvalue weighted by Crippen LogP contribution is -2.27. The van der Waals surface area contributed by atoms with E-state index in [0.29, 0.717) is 12.1 Å². The van der Waals surface area contributed by atoms with Gasteiger partial charge in [0.05, 0.1) is 0 Å². The number of nitrogens with zero attached hydrogens (tertiary/aromatic N) is 3. The molecule has 0 aliphatic carbocycles. The van der Waals surface area contributed by atoms with Gasteiger partial charge in [-0.3, -0.25) is 0 Å². The van der Waals surface area contributed by atoms with Crippen LogP contribution in [0.15, 0.2) is 30.4 Å². The van der Waals surface area contributed by atoms with Gasteiger partial charge in [0.1, 0.15) is 11.0 Å². The lowest BCUT2D eigenvalue weighted by Gasteiger charge is -2.22. The summed E-state index contributed by atoms with van der Waals surface area (Å²) in [5, 5.41) is 10.6. The summed E-state index contributed by atoms with van der Waals surface area (Å²) >= 11 is 0. The van der Waals surface area contributed by atoms with E-state index in [4.69, 9.17) is 4.74 Å². The lowest BCUT2D eigenvalue weighted by atomic mass is 10.2. The number of nitrogens with one attached hydrogen (secondary N) is 1. The van der Waals surface area contributed by atoms with Crippen LogP contribution in [0.3, 0.4) is 0 Å². The van der Waals surface area contributed by atoms with Gasteiger partial charge in [-0.15, -0.1) is 0 Å². The van der Waals surface area contributed by atoms with Crippen LogP contribution in [0.1, 0.15) is 13.8 Å². The lowest BCUT2D eigenvalue weighted by molar-refractivity contribution is -0.138. The highest BCUT2D eigenvalue weighted by Crippen LogP contribution is 2.19. The summed E-state index contributed by atoms with van der Waals surface area (Å²) in [5.41, 5.74) is 2.90. The van der Waals surface area contributed by atoms with Crippen LogP contribution in [-0.2, 0) is 9.53 Å². The van der Waals surface area contributed by atoms with E-state index >= 15 is 0 Å². The molecule has 2 rings (SSSR count). The zero-order valence-electron chi connectivity index (χ0n) is 11.0. The molecule has 1 aromatic heterocycles. The number of hydrogen-bond donors (Lipinski definition) is 1. The highest BCUT2D eigenvalue weighted by atomic mass is 16.5. The van der Waals surface area contributed by atoms with Crippen molar-refractivity contribution in [2.24, 2.45) is 0 Å². The van der Waals surface area contributed by atoms with Crippen LogP contribution in [0, 0.1) is 0 Å². The number of H-pyrrole nitrogens is 1. The van der Waals surface area contributed by atoms with E-state index in [2.05, 4.69) is 22.0 Å². The SMILES string of the molecule is C=C(C)C(=O)OCN(CC)c1ccc2n[nH]nc2c1. The summed E-state index contributed by atoms with van der Waals surface area (Å²) in [4.78, 5) is 13.3. The van der Waals surface area contributed by atoms with Crippen molar-refractivity contribution in [1.29, 1.82) is 0 Å². The van der Waals surface area contributed by atoms with E-state index in [9.17, 15) is 4.79 Å². The Labute approximate surface area is 111 Å². The molecule has 0 spiro atoms. The van der Waals surface area contributed by atoms with Crippen molar-refractivity contribution in [3.63, 3.8) is 0 Å². The number of carbonyl (C=O) groups excluding carboxylic acids is 1. The fraction of sp³-hybridized carbons (Fsp3) is 0.308. The first-order valence-corrected chi connectivity index (χ1v) is 6.00. The highest BCUT2D eigenvalue weighted by Gasteiger charge is 2.10. The minimum Gasteiger partial charge on any atom is -0.441 e. The molecule has 0 atom stereocenters. The second kappa shape index (κ2) is 5.51. The zero-order chi connectivity index (χ0) is 13.8. The van der Waals surface area contributed by atoms with E-state index in [1.165, 1.54) is 0 Å². The van der Waals surface area contributed by atoms with Crippen LogP contribution >= 0.6 is 0 Å². The average Bonchev–Trinajstić information content (AvgIpc) is 2.86. The molecule has 2 aromatic rings. The molecule has 0 saturated heterocycles. The number of aromatic nitrogens is 3. The molecule has 0 saturated carbocycles. The second-order valence-corrected chi connectivity index (χ2v) is 4.19. The third-order valence-corrected chi connectivity index (χ3v) is 2.75. The number of benzene rings is 1. The van der Waals surface area contributed by atoms with Crippen molar-refractivity contribution in [2.75, 3.05) is 18.2 Å². The first-order chi connectivity index (χ1) is 9.11. The number of hydrogen-bond acceptors (Lipinski definition) is 5. The first kappa shape index (κ1) is 13.1. The quantitative estimate of drug-likeness (QED) is 0.505. The van der Waals surface area contributed by atoms with Crippen LogP contribution in [0.4, 0.5) is 5.69 Å². The summed E-state index contributed by atoms with van der Waals surface area (Å²) in [7, 11) is 0. The maximum Gasteiger partial charge on any atom is 0.334 e. The number of carbonyl (C=O) groups is 1. The topological polar surface area (TPSA) is 71.1 Å². The van der Waals surface area contributed by atoms with E-state index < -0.39 is 0 Å². The molecule has 19 heavy (non-hydrogen) atoms. The van der Waals surface area contributed by atoms with Crippen molar-refractivity contribution in [1.82, 2.24) is 15.4 Å². The van der Waals surface area contributed by atoms with Gasteiger partial charge in [-0.2, -0.15) is 15.4 Å². The number of esters is 1. The Morgan fingerprint density at radius 2 is 2.16 bits per heavy atom. The van der Waals surface area contributed by atoms with Gasteiger partial charge in [0.2, 0.25) is 0 Å². The van der Waals surface area contributed by atoms with Crippen LogP contribution in [0.5, 0.6) is 0 Å². The largest absolute Gasteiger partial charge is 0.441 e. The smallest absolute Gasteiger partial charge is 0.334 e. The van der Waals surface area contributed by atoms with Crippen molar-refractivity contribution in [3.8, 4) is 0 Å². The van der Waals surface area contributed by atoms with Crippen molar-refractivity contribution in [2.45, 2.75) is 13.8 Å². The number of aromatic amines is 1. The highest BCUT2D eigenvalue weighted by molar-refractivity contribution is 5.87. The van der Waals surface area contributed by atoms with Gasteiger partial charge in [0.15, 0.2) is 6.73 Å². The van der Waals surface area contributed by atoms with Crippen molar-refractivity contribution >= 4 is 22.7 Å². The van der Waals surface area contributed by atoms with Crippen molar-refractivity contribution < 1.29 is 9.53 Å². The van der Waals surface area contributed by atoms with E-state index in [1.807, 2.05) is 30.0 Å². The molecular weight excluding hydrogens is 244 g/mol. The van der Waals surface area contributed by atoms with Gasteiger partial charge in [-0.1, -0.05) is 6.58 Å². The molecule has 0 radical (unpaired) electrons. The summed E-state index contributed by atoms with van der Waals surface area (Å²) in [5.74, 6) is -0.388. The van der Waals surface area contributed by atoms with Crippen LogP contribution in [0.2, 0.25) is 0 Å². The van der Waals surface area contributed by atoms with E-state index in [1.54, 1.807) is 6.92 Å². The molecule has 6 nitrogen and oxygen atoms in total. The minimum absolute atomic E-state index is 0.186. The van der Waals surface area contributed by atoms with Gasteiger partial charge in [0.25, 0.3) is 0 Å². The Bertz CT molecular complexity index is 605. The molecular formula is C13H16N4O2. The number of anilines is 1. The van der Waals surface area contributed by atoms with Crippen LogP contribution in [-0.4, -0.2) is 34.7 Å².